The molecule has 2 N–H and O–H groups in total. The van der Waals surface area contributed by atoms with Gasteiger partial charge in [0, 0.05) is 25.3 Å². The Labute approximate surface area is 85.7 Å². The molecule has 0 radical (unpaired) electrons. The number of hydrogen-bond donors (Lipinski definition) is 2. The third kappa shape index (κ3) is 3.47. The highest BCUT2D eigenvalue weighted by Crippen LogP contribution is 2.02. The summed E-state index contributed by atoms with van der Waals surface area (Å²) < 4.78 is 0. The molecule has 4 heteroatoms. The molecule has 4 nitrogen and oxygen atoms in total. The molecule has 0 aliphatic heterocycles. The Balaban J connectivity index is 2.35. The minimum absolute atomic E-state index is 0.939. The van der Waals surface area contributed by atoms with Crippen LogP contribution in [-0.2, 0) is 13.0 Å². The summed E-state index contributed by atoms with van der Waals surface area (Å²) in [5.41, 5.74) is 2.34. The van der Waals surface area contributed by atoms with Crippen molar-refractivity contribution in [2.45, 2.75) is 19.9 Å². The van der Waals surface area contributed by atoms with E-state index in [0.29, 0.717) is 0 Å². The van der Waals surface area contributed by atoms with E-state index in [-0.39, 0.29) is 0 Å². The zero-order valence-corrected chi connectivity index (χ0v) is 9.30. The van der Waals surface area contributed by atoms with Gasteiger partial charge >= 0.3 is 0 Å². The van der Waals surface area contributed by atoms with Gasteiger partial charge in [0.2, 0.25) is 0 Å². The molecule has 14 heavy (non-hydrogen) atoms. The van der Waals surface area contributed by atoms with Crippen molar-refractivity contribution in [1.29, 1.82) is 0 Å². The van der Waals surface area contributed by atoms with Crippen molar-refractivity contribution in [3.63, 3.8) is 0 Å². The van der Waals surface area contributed by atoms with Crippen LogP contribution in [0.15, 0.2) is 6.07 Å². The van der Waals surface area contributed by atoms with Crippen molar-refractivity contribution in [1.82, 2.24) is 20.4 Å². The Morgan fingerprint density at radius 1 is 1.57 bits per heavy atom. The molecule has 0 aromatic carbocycles. The minimum atomic E-state index is 0.939. The lowest BCUT2D eigenvalue weighted by molar-refractivity contribution is 0.324. The van der Waals surface area contributed by atoms with E-state index in [4.69, 9.17) is 0 Å². The fourth-order valence-corrected chi connectivity index (χ4v) is 1.34. The second-order valence-corrected chi connectivity index (χ2v) is 3.58. The van der Waals surface area contributed by atoms with Gasteiger partial charge in [-0.3, -0.25) is 10.00 Å². The largest absolute Gasteiger partial charge is 0.318 e. The van der Waals surface area contributed by atoms with Crippen LogP contribution in [0, 0.1) is 0 Å². The number of aromatic nitrogens is 2. The summed E-state index contributed by atoms with van der Waals surface area (Å²) in [4.78, 5) is 2.27. The van der Waals surface area contributed by atoms with Gasteiger partial charge in [0.1, 0.15) is 0 Å². The van der Waals surface area contributed by atoms with Crippen LogP contribution in [0.5, 0.6) is 0 Å². The van der Waals surface area contributed by atoms with Crippen molar-refractivity contribution in [2.75, 3.05) is 27.2 Å². The molecule has 1 aromatic rings. The maximum atomic E-state index is 4.20. The number of nitrogens with one attached hydrogen (secondary N) is 2. The molecule has 1 rings (SSSR count). The standard InChI is InChI=1S/C10H20N4/c1-4-9-7-10(13-12-9)8-14(3)6-5-11-2/h7,11H,4-6,8H2,1-3H3,(H,12,13). The fourth-order valence-electron chi connectivity index (χ4n) is 1.34. The molecule has 0 atom stereocenters. The van der Waals surface area contributed by atoms with Crippen LogP contribution in [0.2, 0.25) is 0 Å². The first-order valence-corrected chi connectivity index (χ1v) is 5.12. The number of hydrogen-bond acceptors (Lipinski definition) is 3. The summed E-state index contributed by atoms with van der Waals surface area (Å²) in [6, 6.07) is 2.13. The van der Waals surface area contributed by atoms with Gasteiger partial charge in [-0.15, -0.1) is 0 Å². The lowest BCUT2D eigenvalue weighted by atomic mass is 10.3. The molecule has 1 heterocycles. The highest BCUT2D eigenvalue weighted by atomic mass is 15.2. The van der Waals surface area contributed by atoms with E-state index in [2.05, 4.69) is 40.5 Å². The van der Waals surface area contributed by atoms with E-state index in [1.807, 2.05) is 7.05 Å². The van der Waals surface area contributed by atoms with Crippen molar-refractivity contribution in [2.24, 2.45) is 0 Å². The van der Waals surface area contributed by atoms with Crippen molar-refractivity contribution in [3.8, 4) is 0 Å². The summed E-state index contributed by atoms with van der Waals surface area (Å²) in [7, 11) is 4.09. The van der Waals surface area contributed by atoms with Crippen LogP contribution in [0.4, 0.5) is 0 Å². The number of rotatable bonds is 6. The number of likely N-dealkylation sites (N-methyl/N-ethyl adjacent to an activating group) is 2. The Morgan fingerprint density at radius 3 is 2.93 bits per heavy atom. The predicted molar refractivity (Wildman–Crippen MR) is 58.2 cm³/mol. The number of aromatic amines is 1. The SMILES string of the molecule is CCc1cc(CN(C)CCNC)[nH]n1. The predicted octanol–water partition coefficient (Wildman–Crippen LogP) is 0.623. The summed E-state index contributed by atoms with van der Waals surface area (Å²) in [5.74, 6) is 0. The van der Waals surface area contributed by atoms with Gasteiger partial charge in [0.25, 0.3) is 0 Å². The maximum Gasteiger partial charge on any atom is 0.0622 e. The molecule has 0 spiro atoms. The van der Waals surface area contributed by atoms with Gasteiger partial charge < -0.3 is 5.32 Å². The molecule has 0 amide bonds. The molecule has 0 aliphatic carbocycles. The highest BCUT2D eigenvalue weighted by Gasteiger charge is 2.02. The van der Waals surface area contributed by atoms with E-state index in [1.54, 1.807) is 0 Å². The van der Waals surface area contributed by atoms with Crippen LogP contribution in [0.3, 0.4) is 0 Å². The molecular weight excluding hydrogens is 176 g/mol. The summed E-state index contributed by atoms with van der Waals surface area (Å²) in [6.45, 7) is 5.13. The third-order valence-corrected chi connectivity index (χ3v) is 2.23. The fraction of sp³-hybridized carbons (Fsp3) is 0.700. The van der Waals surface area contributed by atoms with Gasteiger partial charge in [-0.1, -0.05) is 6.92 Å². The summed E-state index contributed by atoms with van der Waals surface area (Å²) >= 11 is 0. The Kier molecular flexibility index (Phi) is 4.62. The van der Waals surface area contributed by atoms with Crippen LogP contribution >= 0.6 is 0 Å². The number of H-pyrrole nitrogens is 1. The number of aryl methyl sites for hydroxylation is 1. The van der Waals surface area contributed by atoms with Crippen molar-refractivity contribution < 1.29 is 0 Å². The van der Waals surface area contributed by atoms with Gasteiger partial charge in [0.05, 0.1) is 5.69 Å². The summed E-state index contributed by atoms with van der Waals surface area (Å²) in [6.07, 6.45) is 0.997. The first-order chi connectivity index (χ1) is 6.76. The average molecular weight is 196 g/mol. The Bertz CT molecular complexity index is 256. The molecular formula is C10H20N4. The smallest absolute Gasteiger partial charge is 0.0622 e. The van der Waals surface area contributed by atoms with E-state index in [0.717, 1.165) is 31.7 Å². The third-order valence-electron chi connectivity index (χ3n) is 2.23. The molecule has 0 fully saturated rings. The first-order valence-electron chi connectivity index (χ1n) is 5.12. The van der Waals surface area contributed by atoms with Gasteiger partial charge in [0.15, 0.2) is 0 Å². The molecule has 0 saturated heterocycles. The average Bonchev–Trinajstić information content (AvgIpc) is 2.62. The second kappa shape index (κ2) is 5.78. The highest BCUT2D eigenvalue weighted by molar-refractivity contribution is 5.08. The minimum Gasteiger partial charge on any atom is -0.318 e. The first kappa shape index (κ1) is 11.2. The lowest BCUT2D eigenvalue weighted by Crippen LogP contribution is -2.27. The molecule has 1 aromatic heterocycles. The maximum absolute atomic E-state index is 4.20. The van der Waals surface area contributed by atoms with Crippen LogP contribution in [-0.4, -0.2) is 42.3 Å². The van der Waals surface area contributed by atoms with Gasteiger partial charge in [-0.2, -0.15) is 5.10 Å². The van der Waals surface area contributed by atoms with Gasteiger partial charge in [-0.05, 0) is 26.6 Å². The monoisotopic (exact) mass is 196 g/mol. The molecule has 0 unspecified atom stereocenters. The zero-order valence-electron chi connectivity index (χ0n) is 9.30. The van der Waals surface area contributed by atoms with E-state index in [9.17, 15) is 0 Å². The van der Waals surface area contributed by atoms with Crippen LogP contribution in [0.1, 0.15) is 18.3 Å². The quantitative estimate of drug-likeness (QED) is 0.701. The lowest BCUT2D eigenvalue weighted by Gasteiger charge is -2.14. The normalized spacial score (nSPS) is 11.1. The van der Waals surface area contributed by atoms with E-state index in [1.165, 1.54) is 5.69 Å². The Hall–Kier alpha value is -0.870. The summed E-state index contributed by atoms with van der Waals surface area (Å²) in [5, 5.41) is 10.4. The van der Waals surface area contributed by atoms with E-state index >= 15 is 0 Å². The number of nitrogens with zero attached hydrogens (tertiary/aromatic N) is 2. The van der Waals surface area contributed by atoms with Crippen molar-refractivity contribution >= 4 is 0 Å². The van der Waals surface area contributed by atoms with Crippen LogP contribution in [0.25, 0.3) is 0 Å². The zero-order chi connectivity index (χ0) is 10.4. The molecule has 0 aliphatic rings. The van der Waals surface area contributed by atoms with Gasteiger partial charge in [-0.25, -0.2) is 0 Å². The molecule has 0 bridgehead atoms. The van der Waals surface area contributed by atoms with E-state index < -0.39 is 0 Å². The van der Waals surface area contributed by atoms with Crippen molar-refractivity contribution in [3.05, 3.63) is 17.5 Å². The topological polar surface area (TPSA) is 44.0 Å². The van der Waals surface area contributed by atoms with Crippen LogP contribution < -0.4 is 5.32 Å². The molecule has 80 valence electrons. The second-order valence-electron chi connectivity index (χ2n) is 3.58. The Morgan fingerprint density at radius 2 is 2.36 bits per heavy atom. The molecule has 0 saturated carbocycles.